The van der Waals surface area contributed by atoms with Crippen molar-refractivity contribution in [3.8, 4) is 35.4 Å². The van der Waals surface area contributed by atoms with E-state index in [1.54, 1.807) is 4.90 Å². The van der Waals surface area contributed by atoms with Crippen molar-refractivity contribution < 1.29 is 28.5 Å². The average molecular weight is 698 g/mol. The molecule has 5 heterocycles. The number of aromatic hydroxyl groups is 1. The summed E-state index contributed by atoms with van der Waals surface area (Å²) >= 11 is 0. The van der Waals surface area contributed by atoms with Crippen molar-refractivity contribution in [2.24, 2.45) is 5.41 Å². The number of ether oxygens (including phenoxy) is 2. The molecule has 3 aliphatic heterocycles. The second-order valence-corrected chi connectivity index (χ2v) is 14.9. The SMILES string of the molecule is C#Cc1c(F)ccc2cc(O)cc(-c3ncc4c(N(CO)CCCC)nc(OCC56CCCC5N(C5CC7CCC(C5)O7)CCC6)nc4c3F)c12. The second kappa shape index (κ2) is 13.8. The molecule has 0 radical (unpaired) electrons. The fourth-order valence-corrected chi connectivity index (χ4v) is 9.55. The quantitative estimate of drug-likeness (QED) is 0.133. The predicted octanol–water partition coefficient (Wildman–Crippen LogP) is 7.09. The fourth-order valence-electron chi connectivity index (χ4n) is 9.55. The highest BCUT2D eigenvalue weighted by Gasteiger charge is 2.51. The third-order valence-electron chi connectivity index (χ3n) is 11.9. The molecule has 268 valence electrons. The van der Waals surface area contributed by atoms with Gasteiger partial charge in [0, 0.05) is 41.2 Å². The summed E-state index contributed by atoms with van der Waals surface area (Å²) in [5.41, 5.74) is -0.171. The van der Waals surface area contributed by atoms with Gasteiger partial charge in [0.25, 0.3) is 0 Å². The van der Waals surface area contributed by atoms with Crippen molar-refractivity contribution in [2.75, 3.05) is 31.3 Å². The third kappa shape index (κ3) is 6.05. The van der Waals surface area contributed by atoms with Gasteiger partial charge in [-0.3, -0.25) is 9.88 Å². The van der Waals surface area contributed by atoms with Gasteiger partial charge in [0.15, 0.2) is 5.82 Å². The molecular formula is C40H45F2N5O4. The number of likely N-dealkylation sites (tertiary alicyclic amines) is 1. The number of phenolic OH excluding ortho intramolecular Hbond substituents is 1. The number of unbranched alkanes of at least 4 members (excludes halogenated alkanes) is 1. The first-order valence-corrected chi connectivity index (χ1v) is 18.5. The number of phenols is 1. The maximum atomic E-state index is 16.9. The molecule has 3 saturated heterocycles. The average Bonchev–Trinajstić information content (AvgIpc) is 3.73. The van der Waals surface area contributed by atoms with Crippen LogP contribution in [0.5, 0.6) is 11.8 Å². The third-order valence-corrected chi connectivity index (χ3v) is 11.9. The molecule has 2 N–H and O–H groups in total. The molecule has 4 aliphatic rings. The lowest BCUT2D eigenvalue weighted by atomic mass is 9.74. The van der Waals surface area contributed by atoms with Crippen LogP contribution in [0, 0.1) is 29.4 Å². The van der Waals surface area contributed by atoms with E-state index in [4.69, 9.17) is 20.9 Å². The van der Waals surface area contributed by atoms with Crippen molar-refractivity contribution >= 4 is 27.5 Å². The number of rotatable bonds is 10. The number of aromatic nitrogens is 3. The minimum absolute atomic E-state index is 0.0286. The van der Waals surface area contributed by atoms with Crippen LogP contribution in [0.2, 0.25) is 0 Å². The van der Waals surface area contributed by atoms with Crippen LogP contribution in [-0.4, -0.2) is 80.8 Å². The van der Waals surface area contributed by atoms with Gasteiger partial charge in [-0.15, -0.1) is 6.42 Å². The highest BCUT2D eigenvalue weighted by atomic mass is 19.1. The highest BCUT2D eigenvalue weighted by molar-refractivity contribution is 6.03. The fraction of sp³-hybridized carbons (Fsp3) is 0.525. The van der Waals surface area contributed by atoms with E-state index in [1.807, 2.05) is 0 Å². The van der Waals surface area contributed by atoms with Gasteiger partial charge in [0.05, 0.1) is 29.8 Å². The summed E-state index contributed by atoms with van der Waals surface area (Å²) in [4.78, 5) is 18.3. The van der Waals surface area contributed by atoms with E-state index in [9.17, 15) is 14.6 Å². The lowest BCUT2D eigenvalue weighted by Gasteiger charge is -2.50. The number of benzene rings is 2. The Labute approximate surface area is 297 Å². The van der Waals surface area contributed by atoms with Crippen LogP contribution in [0.4, 0.5) is 14.6 Å². The predicted molar refractivity (Wildman–Crippen MR) is 192 cm³/mol. The van der Waals surface area contributed by atoms with Crippen LogP contribution < -0.4 is 9.64 Å². The van der Waals surface area contributed by atoms with Crippen molar-refractivity contribution in [1.82, 2.24) is 19.9 Å². The molecule has 0 spiro atoms. The molecule has 2 aromatic heterocycles. The molecular weight excluding hydrogens is 652 g/mol. The Bertz CT molecular complexity index is 1990. The molecule has 2 aromatic carbocycles. The van der Waals surface area contributed by atoms with Gasteiger partial charge in [-0.1, -0.05) is 31.8 Å². The molecule has 51 heavy (non-hydrogen) atoms. The molecule has 8 rings (SSSR count). The maximum Gasteiger partial charge on any atom is 0.319 e. The lowest BCUT2D eigenvalue weighted by Crippen LogP contribution is -2.57. The molecule has 2 bridgehead atoms. The molecule has 4 unspecified atom stereocenters. The number of pyridine rings is 1. The molecule has 11 heteroatoms. The Morgan fingerprint density at radius 2 is 1.92 bits per heavy atom. The maximum absolute atomic E-state index is 16.9. The van der Waals surface area contributed by atoms with E-state index < -0.39 is 11.6 Å². The number of aliphatic hydroxyl groups excluding tert-OH is 1. The second-order valence-electron chi connectivity index (χ2n) is 14.9. The molecule has 4 atom stereocenters. The first-order chi connectivity index (χ1) is 24.8. The van der Waals surface area contributed by atoms with Gasteiger partial charge in [0.1, 0.15) is 35.3 Å². The van der Waals surface area contributed by atoms with Gasteiger partial charge in [0.2, 0.25) is 0 Å². The Morgan fingerprint density at radius 1 is 1.12 bits per heavy atom. The molecule has 9 nitrogen and oxygen atoms in total. The first kappa shape index (κ1) is 34.0. The van der Waals surface area contributed by atoms with Crippen molar-refractivity contribution in [1.29, 1.82) is 0 Å². The van der Waals surface area contributed by atoms with Crippen molar-refractivity contribution in [3.05, 3.63) is 47.7 Å². The van der Waals surface area contributed by atoms with E-state index in [0.717, 1.165) is 77.2 Å². The number of hydrogen-bond donors (Lipinski definition) is 2. The zero-order chi connectivity index (χ0) is 35.3. The number of fused-ring (bicyclic) bond motifs is 5. The summed E-state index contributed by atoms with van der Waals surface area (Å²) < 4.78 is 44.6. The largest absolute Gasteiger partial charge is 0.508 e. The minimum Gasteiger partial charge on any atom is -0.508 e. The number of hydrogen-bond acceptors (Lipinski definition) is 9. The Morgan fingerprint density at radius 3 is 2.69 bits per heavy atom. The number of piperidine rings is 1. The zero-order valence-corrected chi connectivity index (χ0v) is 29.1. The van der Waals surface area contributed by atoms with Crippen LogP contribution in [-0.2, 0) is 4.74 Å². The van der Waals surface area contributed by atoms with E-state index >= 15 is 4.39 Å². The van der Waals surface area contributed by atoms with Gasteiger partial charge in [-0.25, -0.2) is 8.78 Å². The number of halogens is 2. The Hall–Kier alpha value is -4.11. The van der Waals surface area contributed by atoms with Gasteiger partial charge in [-0.05, 0) is 87.9 Å². The molecule has 0 amide bonds. The lowest BCUT2D eigenvalue weighted by molar-refractivity contribution is -0.0798. The van der Waals surface area contributed by atoms with Gasteiger partial charge >= 0.3 is 6.01 Å². The Kier molecular flexibility index (Phi) is 9.19. The van der Waals surface area contributed by atoms with Crippen LogP contribution in [0.15, 0.2) is 30.5 Å². The van der Waals surface area contributed by atoms with E-state index in [0.29, 0.717) is 54.0 Å². The van der Waals surface area contributed by atoms with Crippen LogP contribution in [0.3, 0.4) is 0 Å². The summed E-state index contributed by atoms with van der Waals surface area (Å²) in [7, 11) is 0. The zero-order valence-electron chi connectivity index (χ0n) is 29.1. The smallest absolute Gasteiger partial charge is 0.319 e. The topological polar surface area (TPSA) is 104 Å². The van der Waals surface area contributed by atoms with E-state index in [2.05, 4.69) is 27.7 Å². The number of terminal acetylenes is 1. The first-order valence-electron chi connectivity index (χ1n) is 18.5. The standard InChI is InChI=1S/C40H45F2N5O4/c1-3-5-15-46(23-48)38-31-21-43-36(30-20-26(49)17-24-9-12-32(41)29(4-2)34(24)30)35(42)37(31)44-39(45-38)50-22-40-13-6-8-33(40)47(16-7-14-40)25-18-27-10-11-28(19-25)51-27/h2,9,12,17,20-21,25,27-28,33,48-49H,3,5-8,10-11,13-16,18-19,22-23H2,1H3. The summed E-state index contributed by atoms with van der Waals surface area (Å²) in [6, 6.07) is 6.44. The normalized spacial score (nSPS) is 26.0. The minimum atomic E-state index is -0.789. The monoisotopic (exact) mass is 697 g/mol. The summed E-state index contributed by atoms with van der Waals surface area (Å²) in [6.45, 7) is 3.69. The highest BCUT2D eigenvalue weighted by Crippen LogP contribution is 2.50. The molecule has 4 aromatic rings. The number of nitrogens with zero attached hydrogens (tertiary/aromatic N) is 5. The molecule has 4 fully saturated rings. The van der Waals surface area contributed by atoms with Crippen LogP contribution >= 0.6 is 0 Å². The van der Waals surface area contributed by atoms with Gasteiger partial charge in [-0.2, -0.15) is 9.97 Å². The number of anilines is 1. The summed E-state index contributed by atoms with van der Waals surface area (Å²) in [5.74, 6) is 1.14. The summed E-state index contributed by atoms with van der Waals surface area (Å²) in [6.07, 6.45) is 19.5. The van der Waals surface area contributed by atoms with Crippen molar-refractivity contribution in [2.45, 2.75) is 102 Å². The Balaban J connectivity index is 1.19. The van der Waals surface area contributed by atoms with Crippen LogP contribution in [0.1, 0.15) is 83.1 Å². The van der Waals surface area contributed by atoms with E-state index in [1.165, 1.54) is 30.5 Å². The van der Waals surface area contributed by atoms with E-state index in [-0.39, 0.29) is 51.6 Å². The van der Waals surface area contributed by atoms with Crippen LogP contribution in [0.25, 0.3) is 32.9 Å². The molecule has 1 aliphatic carbocycles. The van der Waals surface area contributed by atoms with Crippen molar-refractivity contribution in [3.63, 3.8) is 0 Å². The number of aliphatic hydroxyl groups is 1. The van der Waals surface area contributed by atoms with Gasteiger partial charge < -0.3 is 24.6 Å². The summed E-state index contributed by atoms with van der Waals surface area (Å²) in [5, 5.41) is 22.1. The molecule has 1 saturated carbocycles.